The van der Waals surface area contributed by atoms with Gasteiger partial charge >= 0.3 is 0 Å². The Hall–Kier alpha value is -0.770. The Morgan fingerprint density at radius 3 is 1.96 bits per heavy atom. The Balaban J connectivity index is 1.47. The molecule has 2 aliphatic rings. The van der Waals surface area contributed by atoms with Crippen LogP contribution in [0.5, 0.6) is 0 Å². The summed E-state index contributed by atoms with van der Waals surface area (Å²) >= 11 is 0. The molecule has 0 amide bonds. The predicted octanol–water partition coefficient (Wildman–Crippen LogP) is 8.21. The molecule has 2 aliphatic carbocycles. The Bertz CT molecular complexity index is 402. The highest BCUT2D eigenvalue weighted by molar-refractivity contribution is 4.91. The maximum Gasteiger partial charge on any atom is 0.0655 e. The minimum absolute atomic E-state index is 0.366. The standard InChI is InChI=1S/C25H43N/c1-2-3-4-5-6-7-8-9-10-22-11-13-23(14-12-22)15-16-24-17-19-25(21-26)20-18-24/h9-10,22-25H,2-8,11-20H2,1H3/t22-,23-,24-,25-. The molecule has 0 aliphatic heterocycles. The summed E-state index contributed by atoms with van der Waals surface area (Å²) in [7, 11) is 0. The van der Waals surface area contributed by atoms with Gasteiger partial charge in [0.05, 0.1) is 6.07 Å². The van der Waals surface area contributed by atoms with Crippen molar-refractivity contribution in [2.75, 3.05) is 0 Å². The predicted molar refractivity (Wildman–Crippen MR) is 113 cm³/mol. The molecule has 1 nitrogen and oxygen atoms in total. The van der Waals surface area contributed by atoms with Gasteiger partial charge in [0.2, 0.25) is 0 Å². The van der Waals surface area contributed by atoms with Gasteiger partial charge in [0.25, 0.3) is 0 Å². The van der Waals surface area contributed by atoms with Crippen LogP contribution in [0.4, 0.5) is 0 Å². The second-order valence-electron chi connectivity index (χ2n) is 9.19. The molecule has 148 valence electrons. The van der Waals surface area contributed by atoms with E-state index in [-0.39, 0.29) is 0 Å². The molecular formula is C25H43N. The van der Waals surface area contributed by atoms with Crippen LogP contribution < -0.4 is 0 Å². The number of allylic oxidation sites excluding steroid dienone is 2. The normalized spacial score (nSPS) is 29.7. The number of unbranched alkanes of at least 4 members (excludes halogenated alkanes) is 6. The minimum atomic E-state index is 0.366. The van der Waals surface area contributed by atoms with E-state index < -0.39 is 0 Å². The van der Waals surface area contributed by atoms with Crippen LogP contribution >= 0.6 is 0 Å². The zero-order valence-electron chi connectivity index (χ0n) is 17.4. The average molecular weight is 358 g/mol. The van der Waals surface area contributed by atoms with Crippen molar-refractivity contribution < 1.29 is 0 Å². The van der Waals surface area contributed by atoms with Crippen molar-refractivity contribution in [3.05, 3.63) is 12.2 Å². The zero-order valence-corrected chi connectivity index (χ0v) is 17.4. The van der Waals surface area contributed by atoms with Crippen LogP contribution in [0.3, 0.4) is 0 Å². The van der Waals surface area contributed by atoms with Gasteiger partial charge < -0.3 is 0 Å². The van der Waals surface area contributed by atoms with Crippen LogP contribution in [0.1, 0.15) is 116 Å². The third-order valence-electron chi connectivity index (χ3n) is 7.04. The third kappa shape index (κ3) is 8.75. The lowest BCUT2D eigenvalue weighted by molar-refractivity contribution is 0.242. The van der Waals surface area contributed by atoms with Gasteiger partial charge in [-0.3, -0.25) is 0 Å². The van der Waals surface area contributed by atoms with Gasteiger partial charge in [0.1, 0.15) is 0 Å². The smallest absolute Gasteiger partial charge is 0.0655 e. The van der Waals surface area contributed by atoms with E-state index >= 15 is 0 Å². The van der Waals surface area contributed by atoms with Gasteiger partial charge in [-0.1, -0.05) is 64.0 Å². The lowest BCUT2D eigenvalue weighted by Crippen LogP contribution is -2.17. The molecule has 0 aromatic rings. The fourth-order valence-corrected chi connectivity index (χ4v) is 5.05. The number of nitriles is 1. The molecule has 26 heavy (non-hydrogen) atoms. The fraction of sp³-hybridized carbons (Fsp3) is 0.880. The first-order chi connectivity index (χ1) is 12.8. The zero-order chi connectivity index (χ0) is 18.5. The number of rotatable bonds is 11. The molecule has 2 rings (SSSR count). The van der Waals surface area contributed by atoms with Crippen LogP contribution in [0.25, 0.3) is 0 Å². The number of hydrogen-bond acceptors (Lipinski definition) is 1. The summed E-state index contributed by atoms with van der Waals surface area (Å²) in [6.07, 6.45) is 28.4. The average Bonchev–Trinajstić information content (AvgIpc) is 2.69. The van der Waals surface area contributed by atoms with E-state index in [0.29, 0.717) is 5.92 Å². The Morgan fingerprint density at radius 2 is 1.35 bits per heavy atom. The molecule has 0 bridgehead atoms. The van der Waals surface area contributed by atoms with E-state index in [4.69, 9.17) is 5.26 Å². The van der Waals surface area contributed by atoms with Gasteiger partial charge in [-0.05, 0) is 82.0 Å². The fourth-order valence-electron chi connectivity index (χ4n) is 5.05. The van der Waals surface area contributed by atoms with E-state index in [1.54, 1.807) is 0 Å². The summed E-state index contributed by atoms with van der Waals surface area (Å²) in [6.45, 7) is 2.29. The molecule has 0 spiro atoms. The molecule has 1 heteroatoms. The van der Waals surface area contributed by atoms with E-state index in [1.165, 1.54) is 96.3 Å². The maximum absolute atomic E-state index is 9.02. The van der Waals surface area contributed by atoms with Crippen molar-refractivity contribution in [3.8, 4) is 6.07 Å². The van der Waals surface area contributed by atoms with Gasteiger partial charge in [-0.15, -0.1) is 0 Å². The monoisotopic (exact) mass is 357 g/mol. The van der Waals surface area contributed by atoms with Crippen molar-refractivity contribution >= 4 is 0 Å². The number of hydrogen-bond donors (Lipinski definition) is 0. The lowest BCUT2D eigenvalue weighted by atomic mass is 9.76. The van der Waals surface area contributed by atoms with Crippen molar-refractivity contribution in [2.45, 2.75) is 116 Å². The van der Waals surface area contributed by atoms with Crippen LogP contribution in [0.2, 0.25) is 0 Å². The molecule has 0 atom stereocenters. The van der Waals surface area contributed by atoms with Gasteiger partial charge in [-0.2, -0.15) is 5.26 Å². The highest BCUT2D eigenvalue weighted by Gasteiger charge is 2.23. The lowest BCUT2D eigenvalue weighted by Gasteiger charge is -2.30. The van der Waals surface area contributed by atoms with E-state index in [9.17, 15) is 0 Å². The first kappa shape index (κ1) is 21.5. The van der Waals surface area contributed by atoms with Gasteiger partial charge in [0.15, 0.2) is 0 Å². The molecule has 2 fully saturated rings. The molecule has 0 aromatic heterocycles. The minimum Gasteiger partial charge on any atom is -0.198 e. The van der Waals surface area contributed by atoms with E-state index in [0.717, 1.165) is 30.6 Å². The Morgan fingerprint density at radius 1 is 0.769 bits per heavy atom. The third-order valence-corrected chi connectivity index (χ3v) is 7.04. The molecule has 0 radical (unpaired) electrons. The maximum atomic E-state index is 9.02. The molecule has 0 heterocycles. The van der Waals surface area contributed by atoms with Crippen molar-refractivity contribution in [1.82, 2.24) is 0 Å². The molecule has 0 saturated heterocycles. The van der Waals surface area contributed by atoms with Crippen molar-refractivity contribution in [2.24, 2.45) is 23.7 Å². The Labute approximate surface area is 163 Å². The van der Waals surface area contributed by atoms with Crippen molar-refractivity contribution in [3.63, 3.8) is 0 Å². The Kier molecular flexibility index (Phi) is 11.1. The summed E-state index contributed by atoms with van der Waals surface area (Å²) in [6, 6.07) is 2.46. The molecule has 0 unspecified atom stereocenters. The topological polar surface area (TPSA) is 23.8 Å². The van der Waals surface area contributed by atoms with Crippen LogP contribution in [0, 0.1) is 35.0 Å². The second-order valence-corrected chi connectivity index (χ2v) is 9.19. The summed E-state index contributed by atoms with van der Waals surface area (Å²) in [4.78, 5) is 0. The van der Waals surface area contributed by atoms with Gasteiger partial charge in [0, 0.05) is 5.92 Å². The summed E-state index contributed by atoms with van der Waals surface area (Å²) in [5, 5.41) is 9.02. The molecular weight excluding hydrogens is 314 g/mol. The largest absolute Gasteiger partial charge is 0.198 e. The first-order valence-corrected chi connectivity index (χ1v) is 11.9. The van der Waals surface area contributed by atoms with Crippen LogP contribution in [-0.4, -0.2) is 0 Å². The first-order valence-electron chi connectivity index (χ1n) is 11.9. The van der Waals surface area contributed by atoms with Gasteiger partial charge in [-0.25, -0.2) is 0 Å². The van der Waals surface area contributed by atoms with Crippen LogP contribution in [0.15, 0.2) is 12.2 Å². The summed E-state index contributed by atoms with van der Waals surface area (Å²) in [5.41, 5.74) is 0. The van der Waals surface area contributed by atoms with Crippen LogP contribution in [-0.2, 0) is 0 Å². The SMILES string of the molecule is CCCCCCCCC=C[C@H]1CC[C@H](CC[C@H]2CC[C@H](C#N)CC2)CC1. The highest BCUT2D eigenvalue weighted by atomic mass is 14.3. The second kappa shape index (κ2) is 13.4. The van der Waals surface area contributed by atoms with E-state index in [1.807, 2.05) is 0 Å². The summed E-state index contributed by atoms with van der Waals surface area (Å²) in [5.74, 6) is 3.16. The molecule has 2 saturated carbocycles. The summed E-state index contributed by atoms with van der Waals surface area (Å²) < 4.78 is 0. The number of nitrogens with zero attached hydrogens (tertiary/aromatic N) is 1. The molecule has 0 aromatic carbocycles. The highest BCUT2D eigenvalue weighted by Crippen LogP contribution is 2.36. The molecule has 0 N–H and O–H groups in total. The van der Waals surface area contributed by atoms with E-state index in [2.05, 4.69) is 25.1 Å². The van der Waals surface area contributed by atoms with Crippen molar-refractivity contribution in [1.29, 1.82) is 5.26 Å². The quantitative estimate of drug-likeness (QED) is 0.270.